The van der Waals surface area contributed by atoms with Crippen LogP contribution in [0.3, 0.4) is 0 Å². The summed E-state index contributed by atoms with van der Waals surface area (Å²) in [6, 6.07) is 10.3. The van der Waals surface area contributed by atoms with Gasteiger partial charge in [0.05, 0.1) is 5.56 Å². The van der Waals surface area contributed by atoms with E-state index in [0.29, 0.717) is 5.82 Å². The number of hydrogen-bond acceptors (Lipinski definition) is 4. The molecule has 2 aromatic heterocycles. The Labute approximate surface area is 122 Å². The molecule has 1 aliphatic carbocycles. The van der Waals surface area contributed by atoms with Crippen LogP contribution >= 0.6 is 0 Å². The predicted octanol–water partition coefficient (Wildman–Crippen LogP) is 3.47. The quantitative estimate of drug-likeness (QED) is 0.779. The zero-order chi connectivity index (χ0) is 14.2. The molecule has 0 atom stereocenters. The lowest BCUT2D eigenvalue weighted by molar-refractivity contribution is 0.436. The molecule has 0 spiro atoms. The van der Waals surface area contributed by atoms with Gasteiger partial charge in [-0.25, -0.2) is 0 Å². The maximum atomic E-state index is 6.00. The van der Waals surface area contributed by atoms with E-state index in [0.717, 1.165) is 28.9 Å². The highest BCUT2D eigenvalue weighted by atomic mass is 16.5. The molecule has 0 fully saturated rings. The standard InChI is InChI=1S/C17H15N3O/c18-17-15(12-6-8-19-9-7-12)16(21-20-17)14-5-4-11-2-1-3-13(11)10-14/h4-10H,1-3H2,(H2,18,20). The molecule has 1 aromatic carbocycles. The molecule has 0 amide bonds. The second-order valence-electron chi connectivity index (χ2n) is 5.34. The second-order valence-corrected chi connectivity index (χ2v) is 5.34. The maximum Gasteiger partial charge on any atom is 0.176 e. The number of nitrogens with zero attached hydrogens (tertiary/aromatic N) is 2. The molecule has 0 radical (unpaired) electrons. The number of nitrogen functional groups attached to an aromatic ring is 1. The Hall–Kier alpha value is -2.62. The minimum Gasteiger partial charge on any atom is -0.380 e. The molecule has 4 rings (SSSR count). The predicted molar refractivity (Wildman–Crippen MR) is 81.6 cm³/mol. The first-order valence-electron chi connectivity index (χ1n) is 7.10. The molecule has 4 nitrogen and oxygen atoms in total. The molecular weight excluding hydrogens is 262 g/mol. The van der Waals surface area contributed by atoms with Crippen LogP contribution in [0.5, 0.6) is 0 Å². The minimum atomic E-state index is 0.414. The monoisotopic (exact) mass is 277 g/mol. The third-order valence-corrected chi connectivity index (χ3v) is 4.05. The van der Waals surface area contributed by atoms with Crippen LogP contribution in [-0.4, -0.2) is 10.1 Å². The zero-order valence-electron chi connectivity index (χ0n) is 11.5. The van der Waals surface area contributed by atoms with Gasteiger partial charge < -0.3 is 10.3 Å². The van der Waals surface area contributed by atoms with Crippen LogP contribution < -0.4 is 5.73 Å². The average molecular weight is 277 g/mol. The minimum absolute atomic E-state index is 0.414. The number of nitrogens with two attached hydrogens (primary N) is 1. The summed E-state index contributed by atoms with van der Waals surface area (Å²) in [7, 11) is 0. The summed E-state index contributed by atoms with van der Waals surface area (Å²) in [6.07, 6.45) is 7.03. The highest BCUT2D eigenvalue weighted by Gasteiger charge is 2.19. The number of rotatable bonds is 2. The molecule has 0 unspecified atom stereocenters. The zero-order valence-corrected chi connectivity index (χ0v) is 11.5. The van der Waals surface area contributed by atoms with Crippen molar-refractivity contribution in [2.75, 3.05) is 5.73 Å². The number of fused-ring (bicyclic) bond motifs is 1. The van der Waals surface area contributed by atoms with Gasteiger partial charge in [-0.1, -0.05) is 17.3 Å². The van der Waals surface area contributed by atoms with E-state index in [1.807, 2.05) is 12.1 Å². The highest BCUT2D eigenvalue weighted by molar-refractivity contribution is 5.86. The van der Waals surface area contributed by atoms with Gasteiger partial charge in [0.15, 0.2) is 11.6 Å². The highest BCUT2D eigenvalue weighted by Crippen LogP contribution is 2.37. The van der Waals surface area contributed by atoms with Gasteiger partial charge in [0, 0.05) is 18.0 Å². The van der Waals surface area contributed by atoms with Crippen LogP contribution in [0, 0.1) is 0 Å². The summed E-state index contributed by atoms with van der Waals surface area (Å²) < 4.78 is 5.50. The summed E-state index contributed by atoms with van der Waals surface area (Å²) >= 11 is 0. The topological polar surface area (TPSA) is 64.9 Å². The van der Waals surface area contributed by atoms with Crippen molar-refractivity contribution in [3.05, 3.63) is 53.9 Å². The van der Waals surface area contributed by atoms with Gasteiger partial charge in [0.1, 0.15) is 0 Å². The molecule has 0 bridgehead atoms. The van der Waals surface area contributed by atoms with E-state index >= 15 is 0 Å². The van der Waals surface area contributed by atoms with Crippen LogP contribution in [0.2, 0.25) is 0 Å². The summed E-state index contributed by atoms with van der Waals surface area (Å²) in [5.74, 6) is 1.14. The molecule has 21 heavy (non-hydrogen) atoms. The van der Waals surface area contributed by atoms with Crippen molar-refractivity contribution in [1.29, 1.82) is 0 Å². The molecule has 0 saturated heterocycles. The third kappa shape index (κ3) is 2.00. The average Bonchev–Trinajstić information content (AvgIpc) is 3.13. The Balaban J connectivity index is 1.87. The van der Waals surface area contributed by atoms with E-state index in [-0.39, 0.29) is 0 Å². The molecule has 2 heterocycles. The number of aromatic nitrogens is 2. The lowest BCUT2D eigenvalue weighted by Gasteiger charge is -2.05. The van der Waals surface area contributed by atoms with Crippen molar-refractivity contribution >= 4 is 5.82 Å². The van der Waals surface area contributed by atoms with Crippen LogP contribution in [0.25, 0.3) is 22.5 Å². The fourth-order valence-electron chi connectivity index (χ4n) is 3.01. The van der Waals surface area contributed by atoms with E-state index in [4.69, 9.17) is 10.3 Å². The molecule has 1 aliphatic rings. The van der Waals surface area contributed by atoms with Crippen molar-refractivity contribution in [2.45, 2.75) is 19.3 Å². The maximum absolute atomic E-state index is 6.00. The number of anilines is 1. The Morgan fingerprint density at radius 2 is 1.76 bits per heavy atom. The third-order valence-electron chi connectivity index (χ3n) is 4.05. The number of aryl methyl sites for hydroxylation is 2. The van der Waals surface area contributed by atoms with E-state index < -0.39 is 0 Å². The number of pyridine rings is 1. The smallest absolute Gasteiger partial charge is 0.176 e. The molecule has 0 saturated carbocycles. The van der Waals surface area contributed by atoms with Gasteiger partial charge in [-0.3, -0.25) is 4.98 Å². The van der Waals surface area contributed by atoms with Crippen LogP contribution in [0.15, 0.2) is 47.2 Å². The Bertz CT molecular complexity index is 793. The van der Waals surface area contributed by atoms with Crippen molar-refractivity contribution in [2.24, 2.45) is 0 Å². The van der Waals surface area contributed by atoms with Crippen LogP contribution in [0.1, 0.15) is 17.5 Å². The lowest BCUT2D eigenvalue weighted by Crippen LogP contribution is -1.90. The van der Waals surface area contributed by atoms with Gasteiger partial charge in [0.25, 0.3) is 0 Å². The fourth-order valence-corrected chi connectivity index (χ4v) is 3.01. The summed E-state index contributed by atoms with van der Waals surface area (Å²) in [5, 5.41) is 3.95. The molecule has 4 heteroatoms. The molecule has 2 N–H and O–H groups in total. The van der Waals surface area contributed by atoms with Crippen molar-refractivity contribution in [1.82, 2.24) is 10.1 Å². The van der Waals surface area contributed by atoms with Crippen molar-refractivity contribution in [3.63, 3.8) is 0 Å². The Kier molecular flexibility index (Phi) is 2.74. The Morgan fingerprint density at radius 3 is 2.62 bits per heavy atom. The van der Waals surface area contributed by atoms with E-state index in [9.17, 15) is 0 Å². The largest absolute Gasteiger partial charge is 0.380 e. The van der Waals surface area contributed by atoms with Crippen molar-refractivity contribution < 1.29 is 4.52 Å². The van der Waals surface area contributed by atoms with Crippen LogP contribution in [-0.2, 0) is 12.8 Å². The first-order valence-corrected chi connectivity index (χ1v) is 7.10. The first-order chi connectivity index (χ1) is 10.3. The van der Waals surface area contributed by atoms with Gasteiger partial charge in [-0.15, -0.1) is 0 Å². The van der Waals surface area contributed by atoms with E-state index in [1.165, 1.54) is 24.0 Å². The van der Waals surface area contributed by atoms with E-state index in [1.54, 1.807) is 12.4 Å². The molecule has 3 aromatic rings. The molecular formula is C17H15N3O. The summed E-state index contributed by atoms with van der Waals surface area (Å²) in [6.45, 7) is 0. The second kappa shape index (κ2) is 4.74. The van der Waals surface area contributed by atoms with Gasteiger partial charge in [0.2, 0.25) is 0 Å². The van der Waals surface area contributed by atoms with Crippen molar-refractivity contribution in [3.8, 4) is 22.5 Å². The number of benzene rings is 1. The lowest BCUT2D eigenvalue weighted by atomic mass is 9.99. The van der Waals surface area contributed by atoms with Gasteiger partial charge in [-0.05, 0) is 54.2 Å². The van der Waals surface area contributed by atoms with E-state index in [2.05, 4.69) is 28.3 Å². The Morgan fingerprint density at radius 1 is 0.952 bits per heavy atom. The van der Waals surface area contributed by atoms with Crippen LogP contribution in [0.4, 0.5) is 5.82 Å². The normalized spacial score (nSPS) is 13.3. The van der Waals surface area contributed by atoms with Gasteiger partial charge in [-0.2, -0.15) is 0 Å². The fraction of sp³-hybridized carbons (Fsp3) is 0.176. The summed E-state index contributed by atoms with van der Waals surface area (Å²) in [5.41, 5.74) is 11.7. The summed E-state index contributed by atoms with van der Waals surface area (Å²) in [4.78, 5) is 4.04. The first kappa shape index (κ1) is 12.1. The number of hydrogen-bond donors (Lipinski definition) is 1. The molecule has 0 aliphatic heterocycles. The van der Waals surface area contributed by atoms with Gasteiger partial charge >= 0.3 is 0 Å². The SMILES string of the molecule is Nc1noc(-c2ccc3c(c2)CCC3)c1-c1ccncc1. The molecule has 104 valence electrons.